The van der Waals surface area contributed by atoms with Crippen LogP contribution in [0.15, 0.2) is 47.1 Å². The third-order valence-corrected chi connectivity index (χ3v) is 4.79. The lowest BCUT2D eigenvalue weighted by Gasteiger charge is -2.16. The van der Waals surface area contributed by atoms with Gasteiger partial charge in [0.1, 0.15) is 12.4 Å². The van der Waals surface area contributed by atoms with E-state index >= 15 is 0 Å². The highest BCUT2D eigenvalue weighted by molar-refractivity contribution is 5.97. The Labute approximate surface area is 176 Å². The van der Waals surface area contributed by atoms with Crippen molar-refractivity contribution in [1.29, 1.82) is 0 Å². The number of likely N-dealkylation sites (N-methyl/N-ethyl adjacent to an activating group) is 1. The Bertz CT molecular complexity index is 1060. The first-order valence-corrected chi connectivity index (χ1v) is 9.83. The third-order valence-electron chi connectivity index (χ3n) is 4.79. The lowest BCUT2D eigenvalue weighted by atomic mass is 9.92. The second-order valence-electron chi connectivity index (χ2n) is 8.55. The Hall–Kier alpha value is -3.35. The number of carbonyl (C=O) groups excluding carboxylic acids is 2. The molecule has 158 valence electrons. The Morgan fingerprint density at radius 2 is 1.90 bits per heavy atom. The number of hydrogen-bond acceptors (Lipinski definition) is 4. The number of amides is 2. The fraction of sp³-hybridized carbons (Fsp3) is 0.348. The van der Waals surface area contributed by atoms with Gasteiger partial charge in [-0.15, -0.1) is 0 Å². The van der Waals surface area contributed by atoms with Crippen LogP contribution in [0.2, 0.25) is 0 Å². The van der Waals surface area contributed by atoms with E-state index in [1.807, 2.05) is 32.0 Å². The number of aryl methyl sites for hydroxylation is 2. The van der Waals surface area contributed by atoms with Gasteiger partial charge in [0, 0.05) is 18.5 Å². The van der Waals surface area contributed by atoms with Crippen LogP contribution in [0.3, 0.4) is 0 Å². The quantitative estimate of drug-likeness (QED) is 0.689. The molecule has 2 aromatic heterocycles. The Kier molecular flexibility index (Phi) is 5.82. The molecule has 0 saturated carbocycles. The zero-order valence-corrected chi connectivity index (χ0v) is 18.3. The molecule has 30 heavy (non-hydrogen) atoms. The van der Waals surface area contributed by atoms with E-state index < -0.39 is 0 Å². The fourth-order valence-corrected chi connectivity index (χ4v) is 3.12. The van der Waals surface area contributed by atoms with Crippen LogP contribution in [0.5, 0.6) is 0 Å². The Morgan fingerprint density at radius 1 is 1.17 bits per heavy atom. The minimum atomic E-state index is -0.353. The van der Waals surface area contributed by atoms with Crippen LogP contribution in [0, 0.1) is 13.8 Å². The second-order valence-corrected chi connectivity index (χ2v) is 8.55. The van der Waals surface area contributed by atoms with Crippen molar-refractivity contribution in [2.45, 2.75) is 40.0 Å². The zero-order chi connectivity index (χ0) is 22.1. The van der Waals surface area contributed by atoms with Crippen molar-refractivity contribution in [1.82, 2.24) is 14.7 Å². The summed E-state index contributed by atoms with van der Waals surface area (Å²) >= 11 is 0. The molecule has 0 atom stereocenters. The van der Waals surface area contributed by atoms with Crippen LogP contribution in [-0.2, 0) is 10.2 Å². The molecule has 2 amide bonds. The Balaban J connectivity index is 1.86. The van der Waals surface area contributed by atoms with Gasteiger partial charge in [-0.2, -0.15) is 5.10 Å². The number of anilines is 1. The van der Waals surface area contributed by atoms with Crippen LogP contribution in [0.4, 0.5) is 5.82 Å². The molecule has 0 fully saturated rings. The highest BCUT2D eigenvalue weighted by atomic mass is 16.3. The standard InChI is InChI=1S/C23H28N4O3/c1-15-9-10-17(16(2)12-15)27-20(13-19(25-27)23(3,4)5)24-21(28)14-26(6)22(29)18-8-7-11-30-18/h7-13H,14H2,1-6H3,(H,24,28). The lowest BCUT2D eigenvalue weighted by Crippen LogP contribution is -2.35. The predicted octanol–water partition coefficient (Wildman–Crippen LogP) is 4.09. The van der Waals surface area contributed by atoms with Crippen LogP contribution in [0.1, 0.15) is 48.1 Å². The number of benzene rings is 1. The first kappa shape index (κ1) is 21.4. The fourth-order valence-electron chi connectivity index (χ4n) is 3.12. The molecule has 0 aliphatic heterocycles. The van der Waals surface area contributed by atoms with Crippen molar-refractivity contribution in [2.75, 3.05) is 18.9 Å². The average Bonchev–Trinajstić information content (AvgIpc) is 3.31. The molecule has 7 nitrogen and oxygen atoms in total. The summed E-state index contributed by atoms with van der Waals surface area (Å²) in [5.41, 5.74) is 3.78. The number of nitrogens with one attached hydrogen (secondary N) is 1. The molecular weight excluding hydrogens is 380 g/mol. The molecule has 1 aromatic carbocycles. The van der Waals surface area contributed by atoms with Crippen LogP contribution < -0.4 is 5.32 Å². The van der Waals surface area contributed by atoms with Gasteiger partial charge in [0.25, 0.3) is 5.91 Å². The van der Waals surface area contributed by atoms with Crippen molar-refractivity contribution in [3.63, 3.8) is 0 Å². The smallest absolute Gasteiger partial charge is 0.289 e. The van der Waals surface area contributed by atoms with Gasteiger partial charge in [-0.05, 0) is 37.6 Å². The van der Waals surface area contributed by atoms with E-state index in [4.69, 9.17) is 9.52 Å². The monoisotopic (exact) mass is 408 g/mol. The van der Waals surface area contributed by atoms with Crippen LogP contribution in [-0.4, -0.2) is 40.1 Å². The number of aromatic nitrogens is 2. The van der Waals surface area contributed by atoms with Gasteiger partial charge < -0.3 is 14.6 Å². The van der Waals surface area contributed by atoms with E-state index in [1.165, 1.54) is 11.2 Å². The van der Waals surface area contributed by atoms with Gasteiger partial charge in [0.05, 0.1) is 17.6 Å². The van der Waals surface area contributed by atoms with Crippen molar-refractivity contribution in [3.8, 4) is 5.69 Å². The van der Waals surface area contributed by atoms with Gasteiger partial charge in [-0.1, -0.05) is 38.5 Å². The summed E-state index contributed by atoms with van der Waals surface area (Å²) in [5.74, 6) is 0.0913. The van der Waals surface area contributed by atoms with Crippen molar-refractivity contribution >= 4 is 17.6 Å². The number of carbonyl (C=O) groups is 2. The molecule has 2 heterocycles. The molecule has 0 saturated heterocycles. The number of hydrogen-bond donors (Lipinski definition) is 1. The summed E-state index contributed by atoms with van der Waals surface area (Å²) < 4.78 is 6.87. The predicted molar refractivity (Wildman–Crippen MR) is 116 cm³/mol. The SMILES string of the molecule is Cc1ccc(-n2nc(C(C)(C)C)cc2NC(=O)CN(C)C(=O)c2ccco2)c(C)c1. The van der Waals surface area contributed by atoms with Gasteiger partial charge in [0.15, 0.2) is 5.76 Å². The maximum Gasteiger partial charge on any atom is 0.289 e. The molecule has 0 bridgehead atoms. The number of nitrogens with zero attached hydrogens (tertiary/aromatic N) is 3. The molecule has 0 unspecified atom stereocenters. The van der Waals surface area contributed by atoms with Gasteiger partial charge in [-0.3, -0.25) is 9.59 Å². The van der Waals surface area contributed by atoms with E-state index in [2.05, 4.69) is 32.2 Å². The molecule has 0 aliphatic carbocycles. The lowest BCUT2D eigenvalue weighted by molar-refractivity contribution is -0.116. The minimum absolute atomic E-state index is 0.109. The maximum absolute atomic E-state index is 12.7. The topological polar surface area (TPSA) is 80.4 Å². The first-order valence-electron chi connectivity index (χ1n) is 9.83. The van der Waals surface area contributed by atoms with Gasteiger partial charge >= 0.3 is 0 Å². The molecule has 7 heteroatoms. The third kappa shape index (κ3) is 4.62. The normalized spacial score (nSPS) is 11.4. The first-order chi connectivity index (χ1) is 14.1. The zero-order valence-electron chi connectivity index (χ0n) is 18.3. The molecule has 1 N–H and O–H groups in total. The summed E-state index contributed by atoms with van der Waals surface area (Å²) in [4.78, 5) is 26.3. The van der Waals surface area contributed by atoms with Crippen molar-refractivity contribution in [3.05, 3.63) is 65.2 Å². The van der Waals surface area contributed by atoms with Gasteiger partial charge in [0.2, 0.25) is 5.91 Å². The van der Waals surface area contributed by atoms with Crippen molar-refractivity contribution in [2.24, 2.45) is 0 Å². The minimum Gasteiger partial charge on any atom is -0.459 e. The number of rotatable bonds is 5. The maximum atomic E-state index is 12.7. The van der Waals surface area contributed by atoms with Crippen molar-refractivity contribution < 1.29 is 14.0 Å². The van der Waals surface area contributed by atoms with E-state index in [1.54, 1.807) is 23.9 Å². The summed E-state index contributed by atoms with van der Waals surface area (Å²) in [6, 6.07) is 11.2. The summed E-state index contributed by atoms with van der Waals surface area (Å²) in [6.45, 7) is 10.2. The summed E-state index contributed by atoms with van der Waals surface area (Å²) in [5, 5.41) is 7.67. The van der Waals surface area contributed by atoms with Gasteiger partial charge in [-0.25, -0.2) is 4.68 Å². The van der Waals surface area contributed by atoms with E-state index in [0.29, 0.717) is 5.82 Å². The molecule has 3 rings (SSSR count). The molecular formula is C23H28N4O3. The van der Waals surface area contributed by atoms with E-state index in [9.17, 15) is 9.59 Å². The Morgan fingerprint density at radius 3 is 2.50 bits per heavy atom. The molecule has 0 aliphatic rings. The summed E-state index contributed by atoms with van der Waals surface area (Å²) in [7, 11) is 1.56. The molecule has 0 spiro atoms. The second kappa shape index (κ2) is 8.18. The van der Waals surface area contributed by atoms with Crippen LogP contribution in [0.25, 0.3) is 5.69 Å². The van der Waals surface area contributed by atoms with Crippen LogP contribution >= 0.6 is 0 Å². The summed E-state index contributed by atoms with van der Waals surface area (Å²) in [6.07, 6.45) is 1.43. The molecule has 3 aromatic rings. The van der Waals surface area contributed by atoms with E-state index in [-0.39, 0.29) is 29.5 Å². The molecule has 0 radical (unpaired) electrons. The largest absolute Gasteiger partial charge is 0.459 e. The average molecular weight is 409 g/mol. The highest BCUT2D eigenvalue weighted by Crippen LogP contribution is 2.27. The van der Waals surface area contributed by atoms with E-state index in [0.717, 1.165) is 22.5 Å². The number of furan rings is 1. The highest BCUT2D eigenvalue weighted by Gasteiger charge is 2.23.